The van der Waals surface area contributed by atoms with Crippen LogP contribution in [-0.2, 0) is 4.79 Å². The zero-order valence-corrected chi connectivity index (χ0v) is 15.6. The highest BCUT2D eigenvalue weighted by molar-refractivity contribution is 8.00. The molecule has 0 saturated heterocycles. The summed E-state index contributed by atoms with van der Waals surface area (Å²) in [6, 6.07) is 12.8. The molecule has 3 aromatic rings. The van der Waals surface area contributed by atoms with Crippen molar-refractivity contribution in [2.24, 2.45) is 0 Å². The van der Waals surface area contributed by atoms with Gasteiger partial charge in [0.05, 0.1) is 25.2 Å². The minimum absolute atomic E-state index is 0.136. The van der Waals surface area contributed by atoms with E-state index in [0.717, 1.165) is 5.52 Å². The van der Waals surface area contributed by atoms with Gasteiger partial charge in [-0.3, -0.25) is 4.79 Å². The summed E-state index contributed by atoms with van der Waals surface area (Å²) in [4.78, 5) is 17.1. The maximum atomic E-state index is 12.7. The number of para-hydroxylation sites is 2. The number of benzene rings is 2. The molecule has 1 aromatic heterocycles. The average Bonchev–Trinajstić information content (AvgIpc) is 3.08. The van der Waals surface area contributed by atoms with Crippen LogP contribution in [0.15, 0.2) is 52.1 Å². The summed E-state index contributed by atoms with van der Waals surface area (Å²) in [6.07, 6.45) is 0.633. The van der Waals surface area contributed by atoms with E-state index in [1.165, 1.54) is 11.8 Å². The van der Waals surface area contributed by atoms with Gasteiger partial charge >= 0.3 is 0 Å². The smallest absolute Gasteiger partial charge is 0.257 e. The molecule has 0 radical (unpaired) electrons. The van der Waals surface area contributed by atoms with Gasteiger partial charge in [0.15, 0.2) is 5.58 Å². The number of nitrogens with zero attached hydrogens (tertiary/aromatic N) is 1. The van der Waals surface area contributed by atoms with E-state index in [9.17, 15) is 4.79 Å². The van der Waals surface area contributed by atoms with Crippen molar-refractivity contribution in [3.05, 3.63) is 42.5 Å². The van der Waals surface area contributed by atoms with Gasteiger partial charge in [-0.15, -0.1) is 0 Å². The Bertz CT molecular complexity index is 876. The Morgan fingerprint density at radius 1 is 1.23 bits per heavy atom. The Balaban J connectivity index is 1.74. The highest BCUT2D eigenvalue weighted by Crippen LogP contribution is 2.32. The third-order valence-electron chi connectivity index (χ3n) is 3.85. The quantitative estimate of drug-likeness (QED) is 0.622. The van der Waals surface area contributed by atoms with E-state index < -0.39 is 0 Å². The number of amides is 1. The number of carbonyl (C=O) groups is 1. The number of hydrogen-bond donors (Lipinski definition) is 1. The molecule has 0 aliphatic rings. The van der Waals surface area contributed by atoms with Crippen molar-refractivity contribution in [2.45, 2.75) is 23.8 Å². The largest absolute Gasteiger partial charge is 0.497 e. The van der Waals surface area contributed by atoms with Crippen LogP contribution in [0.4, 0.5) is 5.69 Å². The van der Waals surface area contributed by atoms with Gasteiger partial charge in [0.25, 0.3) is 5.22 Å². The number of rotatable bonds is 7. The molecule has 1 N–H and O–H groups in total. The van der Waals surface area contributed by atoms with Gasteiger partial charge in [-0.1, -0.05) is 30.8 Å². The molecule has 3 rings (SSSR count). The molecule has 0 saturated carbocycles. The molecule has 1 atom stereocenters. The van der Waals surface area contributed by atoms with E-state index in [1.807, 2.05) is 31.2 Å². The van der Waals surface area contributed by atoms with Gasteiger partial charge in [0.1, 0.15) is 17.0 Å². The normalized spacial score (nSPS) is 12.0. The number of aromatic nitrogens is 1. The van der Waals surface area contributed by atoms with Crippen molar-refractivity contribution in [2.75, 3.05) is 19.5 Å². The Kier molecular flexibility index (Phi) is 5.68. The third kappa shape index (κ3) is 3.94. The molecule has 2 aromatic carbocycles. The summed E-state index contributed by atoms with van der Waals surface area (Å²) in [5.74, 6) is 1.07. The van der Waals surface area contributed by atoms with Crippen molar-refractivity contribution in [3.63, 3.8) is 0 Å². The van der Waals surface area contributed by atoms with Crippen molar-refractivity contribution >= 4 is 34.5 Å². The van der Waals surface area contributed by atoms with E-state index in [2.05, 4.69) is 10.3 Å². The molecule has 0 bridgehead atoms. The van der Waals surface area contributed by atoms with Gasteiger partial charge in [0, 0.05) is 6.07 Å². The molecule has 1 amide bonds. The first-order valence-corrected chi connectivity index (χ1v) is 9.07. The molecule has 6 nitrogen and oxygen atoms in total. The van der Waals surface area contributed by atoms with Crippen LogP contribution in [0.5, 0.6) is 11.5 Å². The maximum Gasteiger partial charge on any atom is 0.257 e. The minimum Gasteiger partial charge on any atom is -0.497 e. The monoisotopic (exact) mass is 372 g/mol. The number of hydrogen-bond acceptors (Lipinski definition) is 6. The van der Waals surface area contributed by atoms with Crippen molar-refractivity contribution in [1.82, 2.24) is 4.98 Å². The van der Waals surface area contributed by atoms with Crippen LogP contribution < -0.4 is 14.8 Å². The van der Waals surface area contributed by atoms with Gasteiger partial charge in [-0.05, 0) is 30.7 Å². The Hall–Kier alpha value is -2.67. The number of nitrogens with one attached hydrogen (secondary N) is 1. The first-order valence-electron chi connectivity index (χ1n) is 8.19. The fourth-order valence-electron chi connectivity index (χ4n) is 2.46. The van der Waals surface area contributed by atoms with E-state index >= 15 is 0 Å². The predicted octanol–water partition coefficient (Wildman–Crippen LogP) is 4.35. The number of carbonyl (C=O) groups excluding carboxylic acids is 1. The summed E-state index contributed by atoms with van der Waals surface area (Å²) < 4.78 is 16.2. The SMILES string of the molecule is CCC(Sc1nc2ccccc2o1)C(=O)Nc1ccc(OC)cc1OC. The van der Waals surface area contributed by atoms with Gasteiger partial charge in [0.2, 0.25) is 5.91 Å². The van der Waals surface area contributed by atoms with Crippen LogP contribution >= 0.6 is 11.8 Å². The molecular weight excluding hydrogens is 352 g/mol. The number of thioether (sulfide) groups is 1. The van der Waals surface area contributed by atoms with Crippen LogP contribution in [0, 0.1) is 0 Å². The topological polar surface area (TPSA) is 73.6 Å². The average molecular weight is 372 g/mol. The van der Waals surface area contributed by atoms with Crippen LogP contribution in [0.1, 0.15) is 13.3 Å². The van der Waals surface area contributed by atoms with Crippen LogP contribution in [0.2, 0.25) is 0 Å². The first kappa shape index (κ1) is 18.1. The molecule has 0 fully saturated rings. The molecule has 7 heteroatoms. The molecule has 0 aliphatic carbocycles. The second kappa shape index (κ2) is 8.14. The van der Waals surface area contributed by atoms with Crippen molar-refractivity contribution in [1.29, 1.82) is 0 Å². The fraction of sp³-hybridized carbons (Fsp3) is 0.263. The van der Waals surface area contributed by atoms with Gasteiger partial charge < -0.3 is 19.2 Å². The molecule has 1 heterocycles. The zero-order valence-electron chi connectivity index (χ0n) is 14.8. The second-order valence-corrected chi connectivity index (χ2v) is 6.67. The summed E-state index contributed by atoms with van der Waals surface area (Å²) >= 11 is 1.31. The molecular formula is C19H20N2O4S. The van der Waals surface area contributed by atoms with Crippen LogP contribution in [0.3, 0.4) is 0 Å². The molecule has 0 aliphatic heterocycles. The maximum absolute atomic E-state index is 12.7. The highest BCUT2D eigenvalue weighted by Gasteiger charge is 2.22. The third-order valence-corrected chi connectivity index (χ3v) is 5.06. The molecule has 0 spiro atoms. The number of anilines is 1. The van der Waals surface area contributed by atoms with Crippen molar-refractivity contribution < 1.29 is 18.7 Å². The van der Waals surface area contributed by atoms with Crippen LogP contribution in [-0.4, -0.2) is 30.4 Å². The van der Waals surface area contributed by atoms with Gasteiger partial charge in [-0.25, -0.2) is 4.98 Å². The lowest BCUT2D eigenvalue weighted by Crippen LogP contribution is -2.24. The van der Waals surface area contributed by atoms with E-state index in [-0.39, 0.29) is 11.2 Å². The van der Waals surface area contributed by atoms with E-state index in [0.29, 0.717) is 34.4 Å². The van der Waals surface area contributed by atoms with Crippen LogP contribution in [0.25, 0.3) is 11.1 Å². The van der Waals surface area contributed by atoms with E-state index in [4.69, 9.17) is 13.9 Å². The highest BCUT2D eigenvalue weighted by atomic mass is 32.2. The number of ether oxygens (including phenoxy) is 2. The molecule has 136 valence electrons. The number of oxazole rings is 1. The Labute approximate surface area is 155 Å². The second-order valence-electron chi connectivity index (χ2n) is 5.52. The number of fused-ring (bicyclic) bond motifs is 1. The summed E-state index contributed by atoms with van der Waals surface area (Å²) in [5, 5.41) is 3.05. The predicted molar refractivity (Wildman–Crippen MR) is 102 cm³/mol. The van der Waals surface area contributed by atoms with E-state index in [1.54, 1.807) is 32.4 Å². The standard InChI is InChI=1S/C19H20N2O4S/c1-4-17(26-19-21-13-7-5-6-8-15(13)25-19)18(22)20-14-10-9-12(23-2)11-16(14)24-3/h5-11,17H,4H2,1-3H3,(H,20,22). The van der Waals surface area contributed by atoms with Gasteiger partial charge in [-0.2, -0.15) is 0 Å². The number of methoxy groups -OCH3 is 2. The molecule has 1 unspecified atom stereocenters. The lowest BCUT2D eigenvalue weighted by molar-refractivity contribution is -0.115. The van der Waals surface area contributed by atoms with Crippen molar-refractivity contribution in [3.8, 4) is 11.5 Å². The zero-order chi connectivity index (χ0) is 18.5. The lowest BCUT2D eigenvalue weighted by atomic mass is 10.2. The Morgan fingerprint density at radius 3 is 2.73 bits per heavy atom. The summed E-state index contributed by atoms with van der Waals surface area (Å²) in [6.45, 7) is 1.95. The summed E-state index contributed by atoms with van der Waals surface area (Å²) in [7, 11) is 3.13. The molecule has 26 heavy (non-hydrogen) atoms. The lowest BCUT2D eigenvalue weighted by Gasteiger charge is -2.15. The first-order chi connectivity index (χ1) is 12.6. The Morgan fingerprint density at radius 2 is 2.04 bits per heavy atom. The minimum atomic E-state index is -0.338. The summed E-state index contributed by atoms with van der Waals surface area (Å²) in [5.41, 5.74) is 2.08. The fourth-order valence-corrected chi connectivity index (χ4v) is 3.33.